The molecule has 0 aliphatic heterocycles. The Labute approximate surface area is 115 Å². The molecular formula is C15H23N3O. The molecule has 19 heavy (non-hydrogen) atoms. The molecule has 1 amide bonds. The van der Waals surface area contributed by atoms with Crippen LogP contribution >= 0.6 is 0 Å². The van der Waals surface area contributed by atoms with Crippen LogP contribution in [-0.2, 0) is 0 Å². The highest BCUT2D eigenvalue weighted by Crippen LogP contribution is 2.43. The minimum atomic E-state index is 0.0773. The molecule has 0 saturated heterocycles. The van der Waals surface area contributed by atoms with Gasteiger partial charge in [0, 0.05) is 12.1 Å². The second kappa shape index (κ2) is 4.91. The van der Waals surface area contributed by atoms with Crippen LogP contribution in [-0.4, -0.2) is 33.1 Å². The molecule has 0 N–H and O–H groups in total. The van der Waals surface area contributed by atoms with Crippen LogP contribution in [0.15, 0.2) is 12.3 Å². The Balaban J connectivity index is 2.18. The number of aryl methyl sites for hydroxylation is 1. The highest BCUT2D eigenvalue weighted by atomic mass is 16.2. The molecule has 1 aromatic rings. The summed E-state index contributed by atoms with van der Waals surface area (Å²) < 4.78 is 0. The lowest BCUT2D eigenvalue weighted by atomic mass is 9.67. The average Bonchev–Trinajstić information content (AvgIpc) is 2.26. The van der Waals surface area contributed by atoms with E-state index in [0.717, 1.165) is 18.5 Å². The molecule has 0 spiro atoms. The van der Waals surface area contributed by atoms with Gasteiger partial charge in [0.25, 0.3) is 5.91 Å². The summed E-state index contributed by atoms with van der Waals surface area (Å²) in [7, 11) is 0. The van der Waals surface area contributed by atoms with Gasteiger partial charge in [0.1, 0.15) is 0 Å². The van der Waals surface area contributed by atoms with Crippen molar-refractivity contribution in [1.82, 2.24) is 15.1 Å². The maximum absolute atomic E-state index is 12.6. The molecule has 1 aliphatic carbocycles. The molecule has 1 aromatic heterocycles. The standard InChI is InChI=1S/C15H23N3O/c1-10(2)18(13-7-15(4,5)8-13)14(19)12-6-11(3)17-16-9-12/h6,9-10,13H,7-8H2,1-5H3. The van der Waals surface area contributed by atoms with Gasteiger partial charge < -0.3 is 4.90 Å². The molecule has 0 bridgehead atoms. The van der Waals surface area contributed by atoms with Crippen LogP contribution in [0, 0.1) is 12.3 Å². The van der Waals surface area contributed by atoms with Gasteiger partial charge in [0.2, 0.25) is 0 Å². The third kappa shape index (κ3) is 2.94. The van der Waals surface area contributed by atoms with Gasteiger partial charge in [-0.1, -0.05) is 13.8 Å². The number of aromatic nitrogens is 2. The van der Waals surface area contributed by atoms with Crippen molar-refractivity contribution in [2.75, 3.05) is 0 Å². The van der Waals surface area contributed by atoms with E-state index in [1.807, 2.05) is 17.9 Å². The van der Waals surface area contributed by atoms with E-state index >= 15 is 0 Å². The van der Waals surface area contributed by atoms with Crippen LogP contribution in [0.2, 0.25) is 0 Å². The van der Waals surface area contributed by atoms with Gasteiger partial charge in [0.05, 0.1) is 17.5 Å². The number of carbonyl (C=O) groups excluding carboxylic acids is 1. The molecule has 4 nitrogen and oxygen atoms in total. The normalized spacial score (nSPS) is 18.2. The number of carbonyl (C=O) groups is 1. The van der Waals surface area contributed by atoms with Crippen molar-refractivity contribution in [2.24, 2.45) is 5.41 Å². The van der Waals surface area contributed by atoms with Crippen LogP contribution in [0.1, 0.15) is 56.6 Å². The lowest BCUT2D eigenvalue weighted by Gasteiger charge is -2.49. The SMILES string of the molecule is Cc1cc(C(=O)N(C(C)C)C2CC(C)(C)C2)cnn1. The predicted octanol–water partition coefficient (Wildman–Crippen LogP) is 2.82. The lowest BCUT2D eigenvalue weighted by molar-refractivity contribution is 0.0103. The lowest BCUT2D eigenvalue weighted by Crippen LogP contribution is -2.53. The van der Waals surface area contributed by atoms with Gasteiger partial charge in [-0.05, 0) is 45.1 Å². The second-order valence-corrected chi connectivity index (χ2v) is 6.62. The van der Waals surface area contributed by atoms with E-state index in [4.69, 9.17) is 0 Å². The molecule has 2 rings (SSSR count). The third-order valence-corrected chi connectivity index (χ3v) is 3.78. The van der Waals surface area contributed by atoms with Gasteiger partial charge in [-0.3, -0.25) is 4.79 Å². The van der Waals surface area contributed by atoms with Crippen molar-refractivity contribution in [1.29, 1.82) is 0 Å². The van der Waals surface area contributed by atoms with E-state index < -0.39 is 0 Å². The molecule has 1 saturated carbocycles. The molecule has 0 unspecified atom stereocenters. The minimum Gasteiger partial charge on any atom is -0.333 e. The first-order valence-corrected chi connectivity index (χ1v) is 6.92. The van der Waals surface area contributed by atoms with E-state index in [0.29, 0.717) is 17.0 Å². The van der Waals surface area contributed by atoms with Crippen molar-refractivity contribution in [3.05, 3.63) is 23.5 Å². The van der Waals surface area contributed by atoms with E-state index in [-0.39, 0.29) is 11.9 Å². The van der Waals surface area contributed by atoms with Crippen LogP contribution < -0.4 is 0 Å². The van der Waals surface area contributed by atoms with Crippen molar-refractivity contribution >= 4 is 5.91 Å². The van der Waals surface area contributed by atoms with Crippen molar-refractivity contribution in [3.63, 3.8) is 0 Å². The van der Waals surface area contributed by atoms with E-state index in [1.54, 1.807) is 6.20 Å². The third-order valence-electron chi connectivity index (χ3n) is 3.78. The number of hydrogen-bond acceptors (Lipinski definition) is 3. The summed E-state index contributed by atoms with van der Waals surface area (Å²) in [5, 5.41) is 7.79. The summed E-state index contributed by atoms with van der Waals surface area (Å²) in [6.07, 6.45) is 3.72. The molecular weight excluding hydrogens is 238 g/mol. The molecule has 104 valence electrons. The van der Waals surface area contributed by atoms with Gasteiger partial charge in [-0.25, -0.2) is 0 Å². The van der Waals surface area contributed by atoms with Crippen LogP contribution in [0.25, 0.3) is 0 Å². The fourth-order valence-corrected chi connectivity index (χ4v) is 2.97. The number of rotatable bonds is 3. The second-order valence-electron chi connectivity index (χ2n) is 6.62. The molecule has 0 radical (unpaired) electrons. The van der Waals surface area contributed by atoms with E-state index in [1.165, 1.54) is 0 Å². The molecule has 1 aliphatic rings. The monoisotopic (exact) mass is 261 g/mol. The molecule has 4 heteroatoms. The largest absolute Gasteiger partial charge is 0.333 e. The Morgan fingerprint density at radius 2 is 2.05 bits per heavy atom. The summed E-state index contributed by atoms with van der Waals surface area (Å²) in [6, 6.07) is 2.38. The first kappa shape index (κ1) is 14.0. The highest BCUT2D eigenvalue weighted by molar-refractivity contribution is 5.94. The Morgan fingerprint density at radius 1 is 1.42 bits per heavy atom. The van der Waals surface area contributed by atoms with Crippen LogP contribution in [0.3, 0.4) is 0 Å². The summed E-state index contributed by atoms with van der Waals surface area (Å²) in [5.41, 5.74) is 1.79. The zero-order valence-corrected chi connectivity index (χ0v) is 12.5. The predicted molar refractivity (Wildman–Crippen MR) is 74.9 cm³/mol. The van der Waals surface area contributed by atoms with Crippen molar-refractivity contribution < 1.29 is 4.79 Å². The Morgan fingerprint density at radius 3 is 2.53 bits per heavy atom. The van der Waals surface area contributed by atoms with Gasteiger partial charge in [-0.15, -0.1) is 0 Å². The van der Waals surface area contributed by atoms with Crippen molar-refractivity contribution in [3.8, 4) is 0 Å². The smallest absolute Gasteiger partial charge is 0.256 e. The van der Waals surface area contributed by atoms with Crippen LogP contribution in [0.4, 0.5) is 0 Å². The summed E-state index contributed by atoms with van der Waals surface area (Å²) >= 11 is 0. The molecule has 0 aromatic carbocycles. The Hall–Kier alpha value is -1.45. The maximum Gasteiger partial charge on any atom is 0.256 e. The van der Waals surface area contributed by atoms with E-state index in [2.05, 4.69) is 37.9 Å². The van der Waals surface area contributed by atoms with Gasteiger partial charge in [-0.2, -0.15) is 10.2 Å². The first-order valence-electron chi connectivity index (χ1n) is 6.92. The quantitative estimate of drug-likeness (QED) is 0.840. The number of amides is 1. The topological polar surface area (TPSA) is 46.1 Å². The maximum atomic E-state index is 12.6. The molecule has 1 fully saturated rings. The minimum absolute atomic E-state index is 0.0773. The zero-order chi connectivity index (χ0) is 14.2. The van der Waals surface area contributed by atoms with Crippen molar-refractivity contribution in [2.45, 2.75) is 59.5 Å². The molecule has 1 heterocycles. The fraction of sp³-hybridized carbons (Fsp3) is 0.667. The zero-order valence-electron chi connectivity index (χ0n) is 12.5. The average molecular weight is 261 g/mol. The number of hydrogen-bond donors (Lipinski definition) is 0. The van der Waals surface area contributed by atoms with Gasteiger partial charge in [0.15, 0.2) is 0 Å². The Kier molecular flexibility index (Phi) is 3.61. The molecule has 0 atom stereocenters. The number of nitrogens with zero attached hydrogens (tertiary/aromatic N) is 3. The summed E-state index contributed by atoms with van der Waals surface area (Å²) in [4.78, 5) is 14.6. The summed E-state index contributed by atoms with van der Waals surface area (Å²) in [6.45, 7) is 10.5. The summed E-state index contributed by atoms with van der Waals surface area (Å²) in [5.74, 6) is 0.0773. The fourth-order valence-electron chi connectivity index (χ4n) is 2.97. The van der Waals surface area contributed by atoms with Crippen LogP contribution in [0.5, 0.6) is 0 Å². The first-order chi connectivity index (χ1) is 8.80. The van der Waals surface area contributed by atoms with E-state index in [9.17, 15) is 4.79 Å². The van der Waals surface area contributed by atoms with Gasteiger partial charge >= 0.3 is 0 Å². The Bertz CT molecular complexity index is 474. The highest BCUT2D eigenvalue weighted by Gasteiger charge is 2.42.